The number of benzene rings is 2. The van der Waals surface area contributed by atoms with Crippen LogP contribution in [0.1, 0.15) is 45.9 Å². The molecule has 3 rings (SSSR count). The van der Waals surface area contributed by atoms with E-state index in [1.807, 2.05) is 41.5 Å². The summed E-state index contributed by atoms with van der Waals surface area (Å²) in [5.74, 6) is 0.518. The highest BCUT2D eigenvalue weighted by molar-refractivity contribution is 5.61. The van der Waals surface area contributed by atoms with Gasteiger partial charge in [-0.1, -0.05) is 47.5 Å². The maximum Gasteiger partial charge on any atom is 0.264 e. The van der Waals surface area contributed by atoms with Crippen LogP contribution in [-0.2, 0) is 6.42 Å². The Hall–Kier alpha value is -3.32. The van der Waals surface area contributed by atoms with Crippen LogP contribution in [0, 0.1) is 48.1 Å². The molecule has 0 spiro atoms. The van der Waals surface area contributed by atoms with Crippen molar-refractivity contribution in [1.82, 2.24) is 4.57 Å². The maximum atomic E-state index is 13.4. The minimum Gasteiger partial charge on any atom is -0.475 e. The number of rotatable bonds is 5. The number of hydrogen-bond donors (Lipinski definition) is 0. The SMILES string of the molecule is [C-]#[N+]c1c(C)c(C)c(OC(C)Cc2ccc(C)cc2)n(-c2c(C)cc(C)cc2C)c1=O. The molecule has 0 radical (unpaired) electrons. The van der Waals surface area contributed by atoms with Gasteiger partial charge in [-0.25, -0.2) is 4.85 Å². The summed E-state index contributed by atoms with van der Waals surface area (Å²) in [4.78, 5) is 17.0. The molecule has 3 aromatic rings. The van der Waals surface area contributed by atoms with Gasteiger partial charge in [-0.05, 0) is 70.7 Å². The van der Waals surface area contributed by atoms with Crippen molar-refractivity contribution in [3.8, 4) is 11.6 Å². The van der Waals surface area contributed by atoms with Crippen molar-refractivity contribution in [2.75, 3.05) is 0 Å². The van der Waals surface area contributed by atoms with E-state index in [2.05, 4.69) is 48.2 Å². The van der Waals surface area contributed by atoms with E-state index in [1.54, 1.807) is 4.57 Å². The second kappa shape index (κ2) is 8.81. The van der Waals surface area contributed by atoms with E-state index < -0.39 is 0 Å². The number of nitrogens with zero attached hydrogens (tertiary/aromatic N) is 2. The molecule has 0 bridgehead atoms. The van der Waals surface area contributed by atoms with Crippen LogP contribution in [0.3, 0.4) is 0 Å². The zero-order valence-corrected chi connectivity index (χ0v) is 19.5. The normalized spacial score (nSPS) is 11.8. The first-order chi connectivity index (χ1) is 14.6. The highest BCUT2D eigenvalue weighted by Gasteiger charge is 2.23. The van der Waals surface area contributed by atoms with E-state index in [4.69, 9.17) is 11.3 Å². The molecule has 1 atom stereocenters. The topological polar surface area (TPSA) is 35.6 Å². The summed E-state index contributed by atoms with van der Waals surface area (Å²) in [7, 11) is 0. The van der Waals surface area contributed by atoms with Crippen LogP contribution in [0.25, 0.3) is 10.5 Å². The predicted molar refractivity (Wildman–Crippen MR) is 127 cm³/mol. The van der Waals surface area contributed by atoms with Crippen LogP contribution in [0.5, 0.6) is 5.88 Å². The van der Waals surface area contributed by atoms with Crippen molar-refractivity contribution >= 4 is 5.69 Å². The first kappa shape index (κ1) is 22.4. The van der Waals surface area contributed by atoms with Gasteiger partial charge in [0.1, 0.15) is 6.10 Å². The van der Waals surface area contributed by atoms with Gasteiger partial charge in [0.2, 0.25) is 5.88 Å². The molecule has 1 heterocycles. The molecule has 0 aliphatic carbocycles. The van der Waals surface area contributed by atoms with Gasteiger partial charge in [0.25, 0.3) is 11.2 Å². The third-order valence-electron chi connectivity index (χ3n) is 5.77. The Morgan fingerprint density at radius 1 is 0.935 bits per heavy atom. The Morgan fingerprint density at radius 2 is 1.52 bits per heavy atom. The van der Waals surface area contributed by atoms with Gasteiger partial charge in [-0.3, -0.25) is 9.36 Å². The van der Waals surface area contributed by atoms with Crippen molar-refractivity contribution in [3.05, 3.63) is 97.1 Å². The lowest BCUT2D eigenvalue weighted by Gasteiger charge is -2.24. The predicted octanol–water partition coefficient (Wildman–Crippen LogP) is 6.25. The number of pyridine rings is 1. The molecule has 160 valence electrons. The molecular formula is C27H30N2O2. The van der Waals surface area contributed by atoms with E-state index >= 15 is 0 Å². The fraction of sp³-hybridized carbons (Fsp3) is 0.333. The highest BCUT2D eigenvalue weighted by Crippen LogP contribution is 2.32. The monoisotopic (exact) mass is 414 g/mol. The van der Waals surface area contributed by atoms with Crippen LogP contribution in [-0.4, -0.2) is 10.7 Å². The Morgan fingerprint density at radius 3 is 2.06 bits per heavy atom. The third kappa shape index (κ3) is 4.41. The number of aryl methyl sites for hydroxylation is 4. The molecular weight excluding hydrogens is 384 g/mol. The van der Waals surface area contributed by atoms with E-state index in [0.717, 1.165) is 34.4 Å². The zero-order valence-electron chi connectivity index (χ0n) is 19.5. The smallest absolute Gasteiger partial charge is 0.264 e. The molecule has 0 amide bonds. The lowest BCUT2D eigenvalue weighted by Crippen LogP contribution is -2.27. The second-order valence-corrected chi connectivity index (χ2v) is 8.52. The van der Waals surface area contributed by atoms with E-state index in [0.29, 0.717) is 11.4 Å². The quantitative estimate of drug-likeness (QED) is 0.463. The summed E-state index contributed by atoms with van der Waals surface area (Å²) in [5, 5.41) is 0. The molecule has 0 saturated heterocycles. The first-order valence-electron chi connectivity index (χ1n) is 10.6. The van der Waals surface area contributed by atoms with Crippen LogP contribution in [0.2, 0.25) is 0 Å². The largest absolute Gasteiger partial charge is 0.475 e. The van der Waals surface area contributed by atoms with Crippen LogP contribution in [0.15, 0.2) is 41.2 Å². The summed E-state index contributed by atoms with van der Waals surface area (Å²) in [6.45, 7) is 21.4. The van der Waals surface area contributed by atoms with Gasteiger partial charge in [-0.2, -0.15) is 0 Å². The average Bonchev–Trinajstić information content (AvgIpc) is 2.69. The lowest BCUT2D eigenvalue weighted by molar-refractivity contribution is 0.205. The van der Waals surface area contributed by atoms with Gasteiger partial charge in [0.05, 0.1) is 12.3 Å². The summed E-state index contributed by atoms with van der Waals surface area (Å²) in [5.41, 5.74) is 7.61. The minimum atomic E-state index is -0.328. The molecule has 1 unspecified atom stereocenters. The molecule has 4 heteroatoms. The summed E-state index contributed by atoms with van der Waals surface area (Å²) < 4.78 is 8.03. The Bertz CT molecular complexity index is 1210. The van der Waals surface area contributed by atoms with Crippen molar-refractivity contribution in [2.45, 2.75) is 61.0 Å². The Balaban J connectivity index is 2.17. The molecule has 31 heavy (non-hydrogen) atoms. The fourth-order valence-electron chi connectivity index (χ4n) is 4.15. The Labute approximate surface area is 185 Å². The number of aromatic nitrogens is 1. The van der Waals surface area contributed by atoms with Gasteiger partial charge >= 0.3 is 0 Å². The number of hydrogen-bond acceptors (Lipinski definition) is 2. The van der Waals surface area contributed by atoms with E-state index in [-0.39, 0.29) is 17.4 Å². The van der Waals surface area contributed by atoms with Crippen LogP contribution >= 0.6 is 0 Å². The van der Waals surface area contributed by atoms with Crippen molar-refractivity contribution < 1.29 is 4.74 Å². The molecule has 4 nitrogen and oxygen atoms in total. The highest BCUT2D eigenvalue weighted by atomic mass is 16.5. The van der Waals surface area contributed by atoms with Gasteiger partial charge in [0.15, 0.2) is 0 Å². The zero-order chi connectivity index (χ0) is 22.9. The first-order valence-corrected chi connectivity index (χ1v) is 10.6. The molecule has 0 aliphatic heterocycles. The van der Waals surface area contributed by atoms with Gasteiger partial charge in [-0.15, -0.1) is 0 Å². The molecule has 0 aliphatic rings. The van der Waals surface area contributed by atoms with Crippen LogP contribution < -0.4 is 10.3 Å². The van der Waals surface area contributed by atoms with Crippen molar-refractivity contribution in [1.29, 1.82) is 0 Å². The fourth-order valence-corrected chi connectivity index (χ4v) is 4.15. The molecule has 0 N–H and O–H groups in total. The number of ether oxygens (including phenoxy) is 1. The van der Waals surface area contributed by atoms with Gasteiger partial charge < -0.3 is 4.74 Å². The second-order valence-electron chi connectivity index (χ2n) is 8.52. The molecule has 1 aromatic heterocycles. The lowest BCUT2D eigenvalue weighted by atomic mass is 10.0. The summed E-state index contributed by atoms with van der Waals surface area (Å²) >= 11 is 0. The standard InChI is InChI=1S/C27H30N2O2/c1-16-9-11-23(12-10-16)15-20(5)31-27-22(7)21(6)24(28-8)26(30)29(27)25-18(3)13-17(2)14-19(25)4/h9-14,20H,15H2,1-7H3. The van der Waals surface area contributed by atoms with Crippen LogP contribution in [0.4, 0.5) is 5.69 Å². The third-order valence-corrected chi connectivity index (χ3v) is 5.77. The molecule has 2 aromatic carbocycles. The van der Waals surface area contributed by atoms with E-state index in [1.165, 1.54) is 11.1 Å². The average molecular weight is 415 g/mol. The maximum absolute atomic E-state index is 13.4. The van der Waals surface area contributed by atoms with Crippen molar-refractivity contribution in [3.63, 3.8) is 0 Å². The van der Waals surface area contributed by atoms with E-state index in [9.17, 15) is 4.79 Å². The minimum absolute atomic E-state index is 0.142. The Kier molecular flexibility index (Phi) is 6.36. The molecule has 0 fully saturated rings. The van der Waals surface area contributed by atoms with Crippen molar-refractivity contribution in [2.24, 2.45) is 0 Å². The molecule has 0 saturated carbocycles. The van der Waals surface area contributed by atoms with Gasteiger partial charge in [0, 0.05) is 12.0 Å². The summed E-state index contributed by atoms with van der Waals surface area (Å²) in [6.07, 6.45) is 0.583. The summed E-state index contributed by atoms with van der Waals surface area (Å²) in [6, 6.07) is 12.5.